The zero-order valence-electron chi connectivity index (χ0n) is 12.2. The molecule has 4 nitrogen and oxygen atoms in total. The molecule has 0 aliphatic carbocycles. The van der Waals surface area contributed by atoms with E-state index in [1.165, 1.54) is 30.0 Å². The molecule has 1 heterocycles. The van der Waals surface area contributed by atoms with Gasteiger partial charge in [0, 0.05) is 10.5 Å². The summed E-state index contributed by atoms with van der Waals surface area (Å²) in [7, 11) is 0. The summed E-state index contributed by atoms with van der Waals surface area (Å²) in [5, 5.41) is 2.23. The van der Waals surface area contributed by atoms with Gasteiger partial charge in [0.05, 0.1) is 5.25 Å². The summed E-state index contributed by atoms with van der Waals surface area (Å²) >= 11 is 1.44. The molecule has 0 aromatic heterocycles. The quantitative estimate of drug-likeness (QED) is 0.902. The van der Waals surface area contributed by atoms with Crippen molar-refractivity contribution in [2.45, 2.75) is 22.6 Å². The van der Waals surface area contributed by atoms with Crippen LogP contribution in [0.5, 0.6) is 0 Å². The van der Waals surface area contributed by atoms with Crippen molar-refractivity contribution in [3.63, 3.8) is 0 Å². The van der Waals surface area contributed by atoms with Gasteiger partial charge in [0.1, 0.15) is 11.9 Å². The Morgan fingerprint density at radius 2 is 1.87 bits per heavy atom. The van der Waals surface area contributed by atoms with Gasteiger partial charge in [-0.15, -0.1) is 11.8 Å². The van der Waals surface area contributed by atoms with Crippen LogP contribution in [-0.2, 0) is 16.0 Å². The molecule has 2 atom stereocenters. The first-order chi connectivity index (χ1) is 11.1. The van der Waals surface area contributed by atoms with Gasteiger partial charge < -0.3 is 11.1 Å². The first-order valence-corrected chi connectivity index (χ1v) is 8.03. The van der Waals surface area contributed by atoms with Gasteiger partial charge in [-0.1, -0.05) is 36.4 Å². The second-order valence-corrected chi connectivity index (χ2v) is 6.53. The number of thioether (sulfide) groups is 1. The maximum absolute atomic E-state index is 13.9. The smallest absolute Gasteiger partial charge is 0.244 e. The second-order valence-electron chi connectivity index (χ2n) is 5.28. The Hall–Kier alpha value is -2.34. The first kappa shape index (κ1) is 15.6. The topological polar surface area (TPSA) is 72.2 Å². The van der Waals surface area contributed by atoms with E-state index in [0.717, 1.165) is 10.5 Å². The Balaban J connectivity index is 1.76. The van der Waals surface area contributed by atoms with E-state index >= 15 is 0 Å². The number of nitrogens with two attached hydrogens (primary N) is 1. The number of primary amides is 1. The first-order valence-electron chi connectivity index (χ1n) is 7.15. The molecule has 0 fully saturated rings. The molecule has 23 heavy (non-hydrogen) atoms. The van der Waals surface area contributed by atoms with Gasteiger partial charge in [-0.25, -0.2) is 4.39 Å². The van der Waals surface area contributed by atoms with E-state index in [9.17, 15) is 14.0 Å². The predicted octanol–water partition coefficient (Wildman–Crippen LogP) is 2.19. The van der Waals surface area contributed by atoms with Gasteiger partial charge in [0.15, 0.2) is 0 Å². The fourth-order valence-corrected chi connectivity index (χ4v) is 3.78. The number of nitrogens with one attached hydrogen (secondary N) is 1. The highest BCUT2D eigenvalue weighted by Gasteiger charge is 2.31. The third-order valence-electron chi connectivity index (χ3n) is 3.73. The summed E-state index contributed by atoms with van der Waals surface area (Å²) in [5.74, 6) is -1.68. The third kappa shape index (κ3) is 3.22. The van der Waals surface area contributed by atoms with E-state index < -0.39 is 17.8 Å². The lowest BCUT2D eigenvalue weighted by Gasteiger charge is -2.18. The van der Waals surface area contributed by atoms with Gasteiger partial charge >= 0.3 is 0 Å². The number of benzene rings is 2. The molecule has 3 rings (SSSR count). The van der Waals surface area contributed by atoms with E-state index in [4.69, 9.17) is 5.73 Å². The molecule has 0 spiro atoms. The van der Waals surface area contributed by atoms with Crippen LogP contribution in [0.1, 0.15) is 17.2 Å². The molecule has 0 radical (unpaired) electrons. The molecule has 3 N–H and O–H groups in total. The van der Waals surface area contributed by atoms with Crippen LogP contribution in [0.4, 0.5) is 4.39 Å². The van der Waals surface area contributed by atoms with E-state index in [-0.39, 0.29) is 16.7 Å². The summed E-state index contributed by atoms with van der Waals surface area (Å²) in [5.41, 5.74) is 6.52. The SMILES string of the molecule is NC(=O)[C@@H](NC(=O)[C@@H]1Cc2ccccc2S1)c1ccccc1F. The molecule has 118 valence electrons. The number of carbonyl (C=O) groups excluding carboxylic acids is 2. The maximum Gasteiger partial charge on any atom is 0.244 e. The second kappa shape index (κ2) is 6.42. The highest BCUT2D eigenvalue weighted by molar-refractivity contribution is 8.01. The highest BCUT2D eigenvalue weighted by atomic mass is 32.2. The van der Waals surface area contributed by atoms with Gasteiger partial charge in [-0.05, 0) is 24.1 Å². The minimum absolute atomic E-state index is 0.0776. The van der Waals surface area contributed by atoms with Crippen LogP contribution in [0.15, 0.2) is 53.4 Å². The fraction of sp³-hybridized carbons (Fsp3) is 0.176. The maximum atomic E-state index is 13.9. The van der Waals surface area contributed by atoms with Crippen LogP contribution >= 0.6 is 11.8 Å². The summed E-state index contributed by atoms with van der Waals surface area (Å²) < 4.78 is 13.9. The van der Waals surface area contributed by atoms with Crippen LogP contribution < -0.4 is 11.1 Å². The zero-order chi connectivity index (χ0) is 16.4. The van der Waals surface area contributed by atoms with Crippen LogP contribution in [0.3, 0.4) is 0 Å². The van der Waals surface area contributed by atoms with Crippen molar-refractivity contribution in [2.24, 2.45) is 5.73 Å². The zero-order valence-corrected chi connectivity index (χ0v) is 13.0. The summed E-state index contributed by atoms with van der Waals surface area (Å²) in [6.07, 6.45) is 0.579. The lowest BCUT2D eigenvalue weighted by molar-refractivity contribution is -0.127. The third-order valence-corrected chi connectivity index (χ3v) is 5.04. The summed E-state index contributed by atoms with van der Waals surface area (Å²) in [4.78, 5) is 25.2. The van der Waals surface area contributed by atoms with Gasteiger partial charge in [0.25, 0.3) is 0 Å². The van der Waals surface area contributed by atoms with Crippen molar-refractivity contribution < 1.29 is 14.0 Å². The predicted molar refractivity (Wildman–Crippen MR) is 86.3 cm³/mol. The van der Waals surface area contributed by atoms with E-state index in [1.54, 1.807) is 6.07 Å². The van der Waals surface area contributed by atoms with Crippen LogP contribution in [0.2, 0.25) is 0 Å². The van der Waals surface area contributed by atoms with Crippen molar-refractivity contribution in [2.75, 3.05) is 0 Å². The van der Waals surface area contributed by atoms with Crippen LogP contribution in [-0.4, -0.2) is 17.1 Å². The summed E-state index contributed by atoms with van der Waals surface area (Å²) in [6, 6.07) is 12.4. The van der Waals surface area contributed by atoms with E-state index in [2.05, 4.69) is 5.32 Å². The van der Waals surface area contributed by atoms with Crippen molar-refractivity contribution in [3.05, 3.63) is 65.5 Å². The number of rotatable bonds is 4. The molecule has 0 bridgehead atoms. The highest BCUT2D eigenvalue weighted by Crippen LogP contribution is 2.37. The molecule has 0 saturated heterocycles. The molecular formula is C17H15FN2O2S. The number of halogens is 1. The Morgan fingerprint density at radius 3 is 2.57 bits per heavy atom. The normalized spacial score (nSPS) is 17.3. The lowest BCUT2D eigenvalue weighted by Crippen LogP contribution is -2.41. The van der Waals surface area contributed by atoms with Gasteiger partial charge in [-0.2, -0.15) is 0 Å². The minimum Gasteiger partial charge on any atom is -0.368 e. The fourth-order valence-electron chi connectivity index (χ4n) is 2.57. The Bertz CT molecular complexity index is 741. The Morgan fingerprint density at radius 1 is 1.17 bits per heavy atom. The van der Waals surface area contributed by atoms with Crippen LogP contribution in [0.25, 0.3) is 0 Å². The molecule has 1 aliphatic heterocycles. The van der Waals surface area contributed by atoms with Crippen molar-refractivity contribution in [1.29, 1.82) is 0 Å². The number of hydrogen-bond acceptors (Lipinski definition) is 3. The number of hydrogen-bond donors (Lipinski definition) is 2. The monoisotopic (exact) mass is 330 g/mol. The van der Waals surface area contributed by atoms with E-state index in [0.29, 0.717) is 6.42 Å². The van der Waals surface area contributed by atoms with Gasteiger partial charge in [-0.3, -0.25) is 9.59 Å². The number of carbonyl (C=O) groups is 2. The van der Waals surface area contributed by atoms with E-state index in [1.807, 2.05) is 24.3 Å². The van der Waals surface area contributed by atoms with Crippen molar-refractivity contribution >= 4 is 23.6 Å². The lowest BCUT2D eigenvalue weighted by atomic mass is 10.0. The molecule has 0 unspecified atom stereocenters. The molecule has 6 heteroatoms. The average Bonchev–Trinajstić information content (AvgIpc) is 2.97. The van der Waals surface area contributed by atoms with Crippen molar-refractivity contribution in [3.8, 4) is 0 Å². The number of fused-ring (bicyclic) bond motifs is 1. The standard InChI is InChI=1S/C17H15FN2O2S/c18-12-7-3-2-6-11(12)15(16(19)21)20-17(22)14-9-10-5-1-4-8-13(10)23-14/h1-8,14-15H,9H2,(H2,19,21)(H,20,22)/t14-,15-/m0/s1. The summed E-state index contributed by atoms with van der Waals surface area (Å²) in [6.45, 7) is 0. The molecule has 1 aliphatic rings. The largest absolute Gasteiger partial charge is 0.368 e. The van der Waals surface area contributed by atoms with Crippen LogP contribution in [0, 0.1) is 5.82 Å². The minimum atomic E-state index is -1.17. The molecule has 2 aromatic carbocycles. The van der Waals surface area contributed by atoms with Crippen molar-refractivity contribution in [1.82, 2.24) is 5.32 Å². The molecule has 0 saturated carbocycles. The number of amides is 2. The molecule has 2 aromatic rings. The average molecular weight is 330 g/mol. The molecular weight excluding hydrogens is 315 g/mol. The Labute approximate surface area is 137 Å². The Kier molecular flexibility index (Phi) is 4.34. The van der Waals surface area contributed by atoms with Gasteiger partial charge in [0.2, 0.25) is 11.8 Å². The molecule has 2 amide bonds.